The molecule has 0 aliphatic heterocycles. The molecule has 0 amide bonds. The monoisotopic (exact) mass is 363 g/mol. The van der Waals surface area contributed by atoms with Crippen LogP contribution in [0.2, 0.25) is 0 Å². The van der Waals surface area contributed by atoms with E-state index in [1.807, 2.05) is 49.4 Å². The summed E-state index contributed by atoms with van der Waals surface area (Å²) in [4.78, 5) is 12.9. The van der Waals surface area contributed by atoms with Crippen molar-refractivity contribution >= 4 is 23.1 Å². The quantitative estimate of drug-likeness (QED) is 0.433. The van der Waals surface area contributed by atoms with E-state index >= 15 is 0 Å². The number of aryl methyl sites for hydroxylation is 1. The van der Waals surface area contributed by atoms with Crippen molar-refractivity contribution in [2.24, 2.45) is 0 Å². The average Bonchev–Trinajstić information content (AvgIpc) is 2.96. The summed E-state index contributed by atoms with van der Waals surface area (Å²) in [6, 6.07) is 17.6. The fourth-order valence-electron chi connectivity index (χ4n) is 3.11. The van der Waals surface area contributed by atoms with Gasteiger partial charge in [0.05, 0.1) is 12.1 Å². The lowest BCUT2D eigenvalue weighted by molar-refractivity contribution is 0.712. The van der Waals surface area contributed by atoms with Crippen LogP contribution in [0, 0.1) is 11.7 Å². The number of hydrogen-bond acceptors (Lipinski definition) is 4. The van der Waals surface area contributed by atoms with Crippen molar-refractivity contribution in [1.29, 1.82) is 0 Å². The number of pyridine rings is 1. The molecule has 2 aromatic carbocycles. The van der Waals surface area contributed by atoms with E-state index in [0.29, 0.717) is 10.6 Å². The second kappa shape index (κ2) is 6.27. The van der Waals surface area contributed by atoms with Crippen LogP contribution in [0.3, 0.4) is 0 Å². The van der Waals surface area contributed by atoms with Crippen molar-refractivity contribution in [3.8, 4) is 11.1 Å². The first-order valence-electron chi connectivity index (χ1n) is 8.15. The Labute approximate surface area is 154 Å². The molecule has 0 radical (unpaired) electrons. The molecule has 6 nitrogen and oxygen atoms in total. The van der Waals surface area contributed by atoms with Gasteiger partial charge in [-0.2, -0.15) is 5.10 Å². The minimum absolute atomic E-state index is 0.117. The molecule has 2 heterocycles. The maximum absolute atomic E-state index is 12.9. The van der Waals surface area contributed by atoms with Crippen LogP contribution in [-0.4, -0.2) is 19.4 Å². The van der Waals surface area contributed by atoms with E-state index in [1.165, 1.54) is 4.68 Å². The lowest BCUT2D eigenvalue weighted by Crippen LogP contribution is -2.24. The number of aromatic nitrogens is 4. The number of aromatic amines is 1. The summed E-state index contributed by atoms with van der Waals surface area (Å²) in [6.45, 7) is 2.27. The van der Waals surface area contributed by atoms with Crippen LogP contribution in [0.1, 0.15) is 11.4 Å². The highest BCUT2D eigenvalue weighted by Gasteiger charge is 2.13. The molecule has 3 N–H and O–H groups in total. The molecule has 2 aromatic heterocycles. The first-order valence-corrected chi connectivity index (χ1v) is 8.56. The number of nitrogens with zero attached hydrogens (tertiary/aromatic N) is 3. The number of hydrogen-bond donors (Lipinski definition) is 2. The second-order valence-corrected chi connectivity index (χ2v) is 6.57. The maximum Gasteiger partial charge on any atom is 0.252 e. The third-order valence-electron chi connectivity index (χ3n) is 4.43. The molecule has 0 bridgehead atoms. The third kappa shape index (κ3) is 2.72. The van der Waals surface area contributed by atoms with Crippen LogP contribution in [0.15, 0.2) is 59.4 Å². The average molecular weight is 363 g/mol. The predicted octanol–water partition coefficient (Wildman–Crippen LogP) is 2.99. The largest absolute Gasteiger partial charge is 0.335 e. The van der Waals surface area contributed by atoms with Crippen molar-refractivity contribution in [3.63, 3.8) is 0 Å². The molecule has 4 aromatic rings. The van der Waals surface area contributed by atoms with Crippen molar-refractivity contribution in [1.82, 2.24) is 19.4 Å². The molecule has 0 atom stereocenters. The Bertz CT molecular complexity index is 1220. The molecule has 0 fully saturated rings. The second-order valence-electron chi connectivity index (χ2n) is 6.18. The van der Waals surface area contributed by atoms with Crippen LogP contribution >= 0.6 is 12.2 Å². The number of rotatable bonds is 3. The highest BCUT2D eigenvalue weighted by atomic mass is 32.1. The van der Waals surface area contributed by atoms with Gasteiger partial charge < -0.3 is 10.4 Å². The third-order valence-corrected chi connectivity index (χ3v) is 4.72. The molecule has 4 rings (SSSR count). The molecule has 7 heteroatoms. The van der Waals surface area contributed by atoms with Crippen LogP contribution in [0.25, 0.3) is 22.0 Å². The Balaban J connectivity index is 1.98. The smallest absolute Gasteiger partial charge is 0.252 e. The van der Waals surface area contributed by atoms with Crippen molar-refractivity contribution in [3.05, 3.63) is 81.1 Å². The van der Waals surface area contributed by atoms with Gasteiger partial charge in [-0.25, -0.2) is 4.68 Å². The molecule has 0 saturated heterocycles. The zero-order valence-corrected chi connectivity index (χ0v) is 15.0. The van der Waals surface area contributed by atoms with Crippen LogP contribution in [-0.2, 0) is 6.54 Å². The Morgan fingerprint density at radius 1 is 1.15 bits per heavy atom. The molecule has 130 valence electrons. The Hall–Kier alpha value is -3.19. The number of nitrogens with one attached hydrogen (secondary N) is 1. The molecular formula is C19H17N5OS. The maximum atomic E-state index is 12.9. The first-order chi connectivity index (χ1) is 12.5. The van der Waals surface area contributed by atoms with Gasteiger partial charge in [-0.3, -0.25) is 9.89 Å². The van der Waals surface area contributed by atoms with Crippen LogP contribution < -0.4 is 11.4 Å². The highest BCUT2D eigenvalue weighted by molar-refractivity contribution is 7.71. The molecule has 0 spiro atoms. The van der Waals surface area contributed by atoms with Gasteiger partial charge in [0.15, 0.2) is 5.82 Å². The molecule has 0 aliphatic carbocycles. The topological polar surface area (TPSA) is 81.6 Å². The number of H-pyrrole nitrogens is 1. The fourth-order valence-corrected chi connectivity index (χ4v) is 3.26. The summed E-state index contributed by atoms with van der Waals surface area (Å²) in [5.74, 6) is 6.39. The first kappa shape index (κ1) is 16.3. The summed E-state index contributed by atoms with van der Waals surface area (Å²) in [7, 11) is 0. The van der Waals surface area contributed by atoms with E-state index in [9.17, 15) is 4.79 Å². The van der Waals surface area contributed by atoms with E-state index in [2.05, 4.69) is 16.3 Å². The van der Waals surface area contributed by atoms with Gasteiger partial charge in [0.2, 0.25) is 4.77 Å². The minimum Gasteiger partial charge on any atom is -0.335 e. The van der Waals surface area contributed by atoms with E-state index in [0.717, 1.165) is 27.6 Å². The van der Waals surface area contributed by atoms with Gasteiger partial charge in [-0.05, 0) is 42.4 Å². The number of fused-ring (bicyclic) bond motifs is 1. The van der Waals surface area contributed by atoms with Gasteiger partial charge in [0, 0.05) is 11.5 Å². The zero-order valence-electron chi connectivity index (χ0n) is 14.1. The molecule has 26 heavy (non-hydrogen) atoms. The van der Waals surface area contributed by atoms with Gasteiger partial charge >= 0.3 is 0 Å². The lowest BCUT2D eigenvalue weighted by Gasteiger charge is -2.14. The summed E-state index contributed by atoms with van der Waals surface area (Å²) in [5.41, 5.74) is 3.76. The summed E-state index contributed by atoms with van der Waals surface area (Å²) in [6.07, 6.45) is 0. The van der Waals surface area contributed by atoms with Gasteiger partial charge in [-0.15, -0.1) is 0 Å². The van der Waals surface area contributed by atoms with Gasteiger partial charge in [0.25, 0.3) is 5.56 Å². The highest BCUT2D eigenvalue weighted by Crippen LogP contribution is 2.28. The van der Waals surface area contributed by atoms with E-state index in [4.69, 9.17) is 18.1 Å². The van der Waals surface area contributed by atoms with Gasteiger partial charge in [-0.1, -0.05) is 42.0 Å². The summed E-state index contributed by atoms with van der Waals surface area (Å²) < 4.78 is 3.26. The SMILES string of the molecule is Cc1ccc2c(c1)c(-c1ccccc1)cc(=O)n2Cc1n[nH]c(=S)n1N. The standard InChI is InChI=1S/C19H17N5OS/c1-12-7-8-16-15(9-12)14(13-5-3-2-4-6-13)10-18(25)23(16)11-17-21-22-19(26)24(17)20/h2-10H,11,20H2,1H3,(H,22,26). The summed E-state index contributed by atoms with van der Waals surface area (Å²) in [5, 5.41) is 7.77. The number of nitrogen functional groups attached to an aromatic ring is 1. The molecule has 0 aliphatic rings. The molecular weight excluding hydrogens is 346 g/mol. The van der Waals surface area contributed by atoms with E-state index < -0.39 is 0 Å². The summed E-state index contributed by atoms with van der Waals surface area (Å²) >= 11 is 5.05. The normalized spacial score (nSPS) is 11.1. The molecule has 0 unspecified atom stereocenters. The predicted molar refractivity (Wildman–Crippen MR) is 105 cm³/mol. The lowest BCUT2D eigenvalue weighted by atomic mass is 9.99. The van der Waals surface area contributed by atoms with Crippen molar-refractivity contribution in [2.45, 2.75) is 13.5 Å². The molecule has 0 saturated carbocycles. The van der Waals surface area contributed by atoms with Crippen molar-refractivity contribution in [2.75, 3.05) is 5.84 Å². The van der Waals surface area contributed by atoms with E-state index in [1.54, 1.807) is 10.6 Å². The Morgan fingerprint density at radius 2 is 1.92 bits per heavy atom. The Morgan fingerprint density at radius 3 is 2.62 bits per heavy atom. The minimum atomic E-state index is -0.117. The van der Waals surface area contributed by atoms with E-state index in [-0.39, 0.29) is 12.1 Å². The van der Waals surface area contributed by atoms with Crippen LogP contribution in [0.4, 0.5) is 0 Å². The van der Waals surface area contributed by atoms with Gasteiger partial charge in [0.1, 0.15) is 0 Å². The number of nitrogens with two attached hydrogens (primary N) is 1. The zero-order chi connectivity index (χ0) is 18.3. The number of benzene rings is 2. The van der Waals surface area contributed by atoms with Crippen molar-refractivity contribution < 1.29 is 0 Å². The Kier molecular flexibility index (Phi) is 3.93. The van der Waals surface area contributed by atoms with Crippen LogP contribution in [0.5, 0.6) is 0 Å². The fraction of sp³-hybridized carbons (Fsp3) is 0.105.